The predicted molar refractivity (Wildman–Crippen MR) is 50.7 cm³/mol. The third-order valence-corrected chi connectivity index (χ3v) is 1.54. The fourth-order valence-electron chi connectivity index (χ4n) is 0.842. The Morgan fingerprint density at radius 2 is 2.31 bits per heavy atom. The van der Waals surface area contributed by atoms with E-state index >= 15 is 0 Å². The van der Waals surface area contributed by atoms with Crippen molar-refractivity contribution in [2.75, 3.05) is 25.5 Å². The van der Waals surface area contributed by atoms with E-state index in [1.165, 1.54) is 0 Å². The quantitative estimate of drug-likeness (QED) is 0.638. The van der Waals surface area contributed by atoms with E-state index in [0.29, 0.717) is 12.4 Å². The molecule has 0 spiro atoms. The summed E-state index contributed by atoms with van der Waals surface area (Å²) in [5, 5.41) is 10.8. The number of nitrogens with zero attached hydrogens (tertiary/aromatic N) is 2. The number of hydrogen-bond donors (Lipinski definition) is 2. The molecule has 0 amide bonds. The van der Waals surface area contributed by atoms with Gasteiger partial charge in [0.2, 0.25) is 5.88 Å². The number of aromatic nitrogens is 2. The first-order valence-corrected chi connectivity index (χ1v) is 4.18. The second-order valence-electron chi connectivity index (χ2n) is 2.53. The van der Waals surface area contributed by atoms with Gasteiger partial charge in [-0.25, -0.2) is 0 Å². The highest BCUT2D eigenvalue weighted by atomic mass is 16.5. The van der Waals surface area contributed by atoms with Gasteiger partial charge < -0.3 is 15.8 Å². The standard InChI is InChI=1S/C8H14N4O/c1-13-8-4-3-7(11-12-8)10-6-2-5-9/h3-4H,2,5-6,9H2,1H3,(H,10,11). The second kappa shape index (κ2) is 5.31. The SMILES string of the molecule is COc1ccc(NCCCN)nn1. The van der Waals surface area contributed by atoms with Crippen molar-refractivity contribution in [2.24, 2.45) is 5.73 Å². The summed E-state index contributed by atoms with van der Waals surface area (Å²) in [6.07, 6.45) is 0.924. The molecule has 0 fully saturated rings. The summed E-state index contributed by atoms with van der Waals surface area (Å²) in [7, 11) is 1.56. The Balaban J connectivity index is 2.40. The number of methoxy groups -OCH3 is 1. The highest BCUT2D eigenvalue weighted by Crippen LogP contribution is 2.06. The van der Waals surface area contributed by atoms with Crippen LogP contribution in [-0.2, 0) is 0 Å². The summed E-state index contributed by atoms with van der Waals surface area (Å²) in [6.45, 7) is 1.49. The Morgan fingerprint density at radius 3 is 2.85 bits per heavy atom. The molecule has 0 aromatic carbocycles. The highest BCUT2D eigenvalue weighted by molar-refractivity contribution is 5.33. The minimum absolute atomic E-state index is 0.518. The monoisotopic (exact) mass is 182 g/mol. The maximum absolute atomic E-state index is 5.34. The first-order chi connectivity index (χ1) is 6.36. The molecule has 1 heterocycles. The molecule has 0 saturated heterocycles. The number of ether oxygens (including phenoxy) is 1. The van der Waals surface area contributed by atoms with Gasteiger partial charge in [0.05, 0.1) is 7.11 Å². The molecule has 0 aliphatic heterocycles. The minimum Gasteiger partial charge on any atom is -0.480 e. The lowest BCUT2D eigenvalue weighted by atomic mass is 10.4. The Bertz CT molecular complexity index is 236. The molecular weight excluding hydrogens is 168 g/mol. The zero-order chi connectivity index (χ0) is 9.52. The van der Waals surface area contributed by atoms with Crippen LogP contribution in [-0.4, -0.2) is 30.4 Å². The smallest absolute Gasteiger partial charge is 0.233 e. The van der Waals surface area contributed by atoms with Gasteiger partial charge in [-0.15, -0.1) is 10.2 Å². The van der Waals surface area contributed by atoms with Crippen LogP contribution in [0.15, 0.2) is 12.1 Å². The molecule has 0 unspecified atom stereocenters. The van der Waals surface area contributed by atoms with Crippen molar-refractivity contribution in [2.45, 2.75) is 6.42 Å². The Kier molecular flexibility index (Phi) is 3.98. The average Bonchev–Trinajstić information content (AvgIpc) is 2.19. The van der Waals surface area contributed by atoms with Crippen LogP contribution in [0.1, 0.15) is 6.42 Å². The summed E-state index contributed by atoms with van der Waals surface area (Å²) < 4.78 is 4.87. The predicted octanol–water partition coefficient (Wildman–Crippen LogP) is 0.246. The molecule has 0 atom stereocenters. The first-order valence-electron chi connectivity index (χ1n) is 4.18. The van der Waals surface area contributed by atoms with Gasteiger partial charge >= 0.3 is 0 Å². The number of hydrogen-bond acceptors (Lipinski definition) is 5. The second-order valence-corrected chi connectivity index (χ2v) is 2.53. The summed E-state index contributed by atoms with van der Waals surface area (Å²) in [6, 6.07) is 3.58. The maximum Gasteiger partial charge on any atom is 0.233 e. The molecule has 13 heavy (non-hydrogen) atoms. The van der Waals surface area contributed by atoms with Crippen LogP contribution in [0.4, 0.5) is 5.82 Å². The van der Waals surface area contributed by atoms with Crippen LogP contribution in [0.3, 0.4) is 0 Å². The minimum atomic E-state index is 0.518. The number of rotatable bonds is 5. The number of nitrogens with one attached hydrogen (secondary N) is 1. The molecule has 5 heteroatoms. The number of nitrogens with two attached hydrogens (primary N) is 1. The zero-order valence-corrected chi connectivity index (χ0v) is 7.66. The number of anilines is 1. The van der Waals surface area contributed by atoms with E-state index in [9.17, 15) is 0 Å². The van der Waals surface area contributed by atoms with Crippen LogP contribution in [0.5, 0.6) is 5.88 Å². The third-order valence-electron chi connectivity index (χ3n) is 1.54. The van der Waals surface area contributed by atoms with Crippen molar-refractivity contribution in [3.05, 3.63) is 12.1 Å². The van der Waals surface area contributed by atoms with E-state index in [1.54, 1.807) is 13.2 Å². The van der Waals surface area contributed by atoms with Gasteiger partial charge in [-0.3, -0.25) is 0 Å². The fourth-order valence-corrected chi connectivity index (χ4v) is 0.842. The lowest BCUT2D eigenvalue weighted by Gasteiger charge is -2.03. The first kappa shape index (κ1) is 9.73. The van der Waals surface area contributed by atoms with Gasteiger partial charge in [-0.05, 0) is 19.0 Å². The van der Waals surface area contributed by atoms with E-state index in [2.05, 4.69) is 15.5 Å². The van der Waals surface area contributed by atoms with Crippen LogP contribution < -0.4 is 15.8 Å². The van der Waals surface area contributed by atoms with Gasteiger partial charge in [0.25, 0.3) is 0 Å². The van der Waals surface area contributed by atoms with Crippen molar-refractivity contribution in [1.29, 1.82) is 0 Å². The fraction of sp³-hybridized carbons (Fsp3) is 0.500. The highest BCUT2D eigenvalue weighted by Gasteiger charge is 1.95. The van der Waals surface area contributed by atoms with Crippen LogP contribution in [0.2, 0.25) is 0 Å². The van der Waals surface area contributed by atoms with Crippen LogP contribution >= 0.6 is 0 Å². The largest absolute Gasteiger partial charge is 0.480 e. The summed E-state index contributed by atoms with van der Waals surface area (Å²) in [4.78, 5) is 0. The molecule has 1 aromatic heterocycles. The Labute approximate surface area is 77.3 Å². The third kappa shape index (κ3) is 3.25. The normalized spacial score (nSPS) is 9.69. The molecule has 0 bridgehead atoms. The summed E-state index contributed by atoms with van der Waals surface area (Å²) in [5.41, 5.74) is 5.34. The molecule has 0 saturated carbocycles. The van der Waals surface area contributed by atoms with Gasteiger partial charge in [-0.1, -0.05) is 0 Å². The zero-order valence-electron chi connectivity index (χ0n) is 7.66. The maximum atomic E-state index is 5.34. The molecule has 1 aromatic rings. The van der Waals surface area contributed by atoms with E-state index in [4.69, 9.17) is 10.5 Å². The van der Waals surface area contributed by atoms with Gasteiger partial charge in [0.15, 0.2) is 0 Å². The lowest BCUT2D eigenvalue weighted by Crippen LogP contribution is -2.09. The van der Waals surface area contributed by atoms with Crippen molar-refractivity contribution in [3.63, 3.8) is 0 Å². The van der Waals surface area contributed by atoms with E-state index < -0.39 is 0 Å². The molecule has 72 valence electrons. The van der Waals surface area contributed by atoms with E-state index in [-0.39, 0.29) is 0 Å². The summed E-state index contributed by atoms with van der Waals surface area (Å²) >= 11 is 0. The van der Waals surface area contributed by atoms with Crippen molar-refractivity contribution in [3.8, 4) is 5.88 Å². The van der Waals surface area contributed by atoms with Crippen molar-refractivity contribution < 1.29 is 4.74 Å². The molecule has 1 rings (SSSR count). The molecule has 0 aliphatic carbocycles. The Hall–Kier alpha value is -1.36. The van der Waals surface area contributed by atoms with Gasteiger partial charge in [0, 0.05) is 12.6 Å². The van der Waals surface area contributed by atoms with Crippen LogP contribution in [0, 0.1) is 0 Å². The Morgan fingerprint density at radius 1 is 1.46 bits per heavy atom. The lowest BCUT2D eigenvalue weighted by molar-refractivity contribution is 0.392. The average molecular weight is 182 g/mol. The summed E-state index contributed by atoms with van der Waals surface area (Å²) in [5.74, 6) is 1.26. The van der Waals surface area contributed by atoms with E-state index in [1.807, 2.05) is 6.07 Å². The molecule has 0 radical (unpaired) electrons. The molecule has 5 nitrogen and oxygen atoms in total. The van der Waals surface area contributed by atoms with E-state index in [0.717, 1.165) is 18.8 Å². The van der Waals surface area contributed by atoms with Crippen LogP contribution in [0.25, 0.3) is 0 Å². The molecular formula is C8H14N4O. The topological polar surface area (TPSA) is 73.1 Å². The van der Waals surface area contributed by atoms with Gasteiger partial charge in [-0.2, -0.15) is 0 Å². The molecule has 0 aliphatic rings. The van der Waals surface area contributed by atoms with Crippen molar-refractivity contribution in [1.82, 2.24) is 10.2 Å². The molecule has 3 N–H and O–H groups in total. The van der Waals surface area contributed by atoms with Gasteiger partial charge in [0.1, 0.15) is 5.82 Å². The van der Waals surface area contributed by atoms with Crippen molar-refractivity contribution >= 4 is 5.82 Å².